The highest BCUT2D eigenvalue weighted by Crippen LogP contribution is 2.49. The lowest BCUT2D eigenvalue weighted by atomic mass is 9.81. The first-order chi connectivity index (χ1) is 16.7. The summed E-state index contributed by atoms with van der Waals surface area (Å²) in [6.45, 7) is 0. The average Bonchev–Trinajstić information content (AvgIpc) is 2.83. The summed E-state index contributed by atoms with van der Waals surface area (Å²) in [6, 6.07) is 8.98. The molecule has 0 unspecified atom stereocenters. The highest BCUT2D eigenvalue weighted by atomic mass is 16.6. The maximum absolute atomic E-state index is 13.0. The van der Waals surface area contributed by atoms with Gasteiger partial charge in [-0.3, -0.25) is 39.5 Å². The quantitative estimate of drug-likeness (QED) is 0.0963. The molecule has 35 heavy (non-hydrogen) atoms. The van der Waals surface area contributed by atoms with Crippen LogP contribution in [-0.4, -0.2) is 40.5 Å². The van der Waals surface area contributed by atoms with Crippen molar-refractivity contribution in [3.05, 3.63) is 68.8 Å². The zero-order valence-electron chi connectivity index (χ0n) is 17.9. The minimum absolute atomic E-state index is 0.0199. The van der Waals surface area contributed by atoms with Crippen LogP contribution in [0, 0.1) is 10.1 Å². The van der Waals surface area contributed by atoms with Gasteiger partial charge in [-0.1, -0.05) is 12.1 Å². The smallest absolute Gasteiger partial charge is 0.278 e. The first-order valence-corrected chi connectivity index (χ1v) is 10.6. The summed E-state index contributed by atoms with van der Waals surface area (Å²) < 4.78 is 0. The molecule has 2 aliphatic rings. The first-order valence-electron chi connectivity index (χ1n) is 10.6. The van der Waals surface area contributed by atoms with Crippen LogP contribution in [0.3, 0.4) is 0 Å². The van der Waals surface area contributed by atoms with Crippen LogP contribution in [0.4, 0.5) is 11.4 Å². The van der Waals surface area contributed by atoms with Gasteiger partial charge >= 0.3 is 0 Å². The van der Waals surface area contributed by atoms with Crippen molar-refractivity contribution in [1.82, 2.24) is 10.2 Å². The summed E-state index contributed by atoms with van der Waals surface area (Å²) in [6.07, 6.45) is 0. The first kappa shape index (κ1) is 19.4. The number of nitrogens with zero attached hydrogens (tertiary/aromatic N) is 2. The van der Waals surface area contributed by atoms with Crippen molar-refractivity contribution in [2.24, 2.45) is 0 Å². The van der Waals surface area contributed by atoms with E-state index in [0.717, 1.165) is 4.90 Å². The van der Waals surface area contributed by atoms with Crippen molar-refractivity contribution < 1.29 is 24.1 Å². The van der Waals surface area contributed by atoms with E-state index in [1.807, 2.05) is 0 Å². The van der Waals surface area contributed by atoms with Crippen LogP contribution in [0.15, 0.2) is 36.4 Å². The Morgan fingerprint density at radius 2 is 1.31 bits per heavy atom. The number of rotatable bonds is 1. The summed E-state index contributed by atoms with van der Waals surface area (Å²) in [5.41, 5.74) is 7.13. The number of nitro groups is 1. The number of nitrogens with two attached hydrogens (primary N) is 1. The van der Waals surface area contributed by atoms with E-state index in [4.69, 9.17) is 5.73 Å². The molecule has 10 heteroatoms. The van der Waals surface area contributed by atoms with Crippen molar-refractivity contribution >= 4 is 78.1 Å². The Balaban J connectivity index is 1.87. The Labute approximate surface area is 194 Å². The van der Waals surface area contributed by atoms with Crippen LogP contribution in [0.2, 0.25) is 0 Å². The van der Waals surface area contributed by atoms with Crippen LogP contribution >= 0.6 is 0 Å². The number of anilines is 1. The summed E-state index contributed by atoms with van der Waals surface area (Å²) in [4.78, 5) is 63.8. The number of nitro benzene ring substituents is 1. The second-order valence-corrected chi connectivity index (χ2v) is 8.74. The van der Waals surface area contributed by atoms with E-state index < -0.39 is 28.6 Å². The molecule has 5 aromatic carbocycles. The number of nitrogens with one attached hydrogen (secondary N) is 1. The maximum atomic E-state index is 13.0. The van der Waals surface area contributed by atoms with Gasteiger partial charge in [0.05, 0.1) is 21.4 Å². The lowest BCUT2D eigenvalue weighted by molar-refractivity contribution is -0.383. The van der Waals surface area contributed by atoms with Gasteiger partial charge in [-0.15, -0.1) is 0 Å². The predicted molar refractivity (Wildman–Crippen MR) is 127 cm³/mol. The van der Waals surface area contributed by atoms with E-state index in [9.17, 15) is 29.3 Å². The second kappa shape index (κ2) is 5.86. The van der Waals surface area contributed by atoms with E-state index in [-0.39, 0.29) is 39.0 Å². The Kier molecular flexibility index (Phi) is 3.24. The highest BCUT2D eigenvalue weighted by Gasteiger charge is 2.36. The Morgan fingerprint density at radius 3 is 2.03 bits per heavy atom. The maximum Gasteiger partial charge on any atom is 0.278 e. The molecule has 0 aromatic heterocycles. The number of carbonyl (C=O) groups is 4. The normalized spacial score (nSPS) is 15.2. The van der Waals surface area contributed by atoms with Gasteiger partial charge < -0.3 is 5.73 Å². The van der Waals surface area contributed by atoms with Gasteiger partial charge in [0.2, 0.25) is 0 Å². The molecule has 10 nitrogen and oxygen atoms in total. The summed E-state index contributed by atoms with van der Waals surface area (Å²) in [5.74, 6) is -2.34. The van der Waals surface area contributed by atoms with Gasteiger partial charge in [0, 0.05) is 56.9 Å². The number of nitrogen functional groups attached to an aromatic ring is 1. The summed E-state index contributed by atoms with van der Waals surface area (Å²) in [7, 11) is 1.38. The van der Waals surface area contributed by atoms with E-state index >= 15 is 0 Å². The molecule has 0 bridgehead atoms. The van der Waals surface area contributed by atoms with Crippen LogP contribution in [-0.2, 0) is 0 Å². The second-order valence-electron chi connectivity index (χ2n) is 8.74. The van der Waals surface area contributed by atoms with Crippen molar-refractivity contribution in [3.63, 3.8) is 0 Å². The van der Waals surface area contributed by atoms with Crippen molar-refractivity contribution in [3.8, 4) is 0 Å². The fraction of sp³-hybridized carbons (Fsp3) is 0.0400. The summed E-state index contributed by atoms with van der Waals surface area (Å²) in [5, 5.41) is 17.5. The topological polar surface area (TPSA) is 153 Å². The number of benzene rings is 5. The fourth-order valence-corrected chi connectivity index (χ4v) is 5.67. The minimum atomic E-state index is -0.724. The third-order valence-corrected chi connectivity index (χ3v) is 7.10. The van der Waals surface area contributed by atoms with Crippen LogP contribution in [0.1, 0.15) is 41.4 Å². The zero-order valence-corrected chi connectivity index (χ0v) is 17.9. The molecule has 0 atom stereocenters. The molecule has 3 N–H and O–H groups in total. The third kappa shape index (κ3) is 2.05. The predicted octanol–water partition coefficient (Wildman–Crippen LogP) is 3.34. The molecular weight excluding hydrogens is 452 g/mol. The number of fused-ring (bicyclic) bond motifs is 2. The largest absolute Gasteiger partial charge is 0.398 e. The van der Waals surface area contributed by atoms with E-state index in [1.54, 1.807) is 18.2 Å². The van der Waals surface area contributed by atoms with E-state index in [2.05, 4.69) is 5.32 Å². The number of imide groups is 2. The fourth-order valence-electron chi connectivity index (χ4n) is 5.67. The Hall–Kier alpha value is -5.12. The third-order valence-electron chi connectivity index (χ3n) is 7.10. The van der Waals surface area contributed by atoms with Crippen LogP contribution < -0.4 is 11.1 Å². The monoisotopic (exact) mass is 464 g/mol. The van der Waals surface area contributed by atoms with Crippen LogP contribution in [0.25, 0.3) is 43.1 Å². The van der Waals surface area contributed by atoms with E-state index in [1.165, 1.54) is 25.2 Å². The molecule has 4 amide bonds. The van der Waals surface area contributed by atoms with Gasteiger partial charge in [-0.2, -0.15) is 0 Å². The average molecular weight is 464 g/mol. The molecule has 0 aliphatic carbocycles. The van der Waals surface area contributed by atoms with Gasteiger partial charge in [0.15, 0.2) is 0 Å². The van der Waals surface area contributed by atoms with Crippen LogP contribution in [0.5, 0.6) is 0 Å². The SMILES string of the molecule is CN1C(=O)c2ccc3c4c([N+](=O)[O-])cc5c6c(ccc(c7c(N)cc(c2c37)C1=O)c64)C(=O)NC5=O. The molecule has 7 rings (SSSR count). The Bertz CT molecular complexity index is 1960. The van der Waals surface area contributed by atoms with Gasteiger partial charge in [0.1, 0.15) is 0 Å². The number of carbonyl (C=O) groups excluding carboxylic acids is 4. The lowest BCUT2D eigenvalue weighted by Crippen LogP contribution is -2.37. The molecule has 0 saturated heterocycles. The number of hydrogen-bond acceptors (Lipinski definition) is 7. The van der Waals surface area contributed by atoms with Gasteiger partial charge in [-0.25, -0.2) is 0 Å². The van der Waals surface area contributed by atoms with Gasteiger partial charge in [0.25, 0.3) is 29.3 Å². The molecule has 2 aliphatic heterocycles. The zero-order chi connectivity index (χ0) is 24.5. The van der Waals surface area contributed by atoms with Crippen molar-refractivity contribution in [2.45, 2.75) is 0 Å². The van der Waals surface area contributed by atoms with Crippen molar-refractivity contribution in [2.75, 3.05) is 12.8 Å². The molecule has 0 fully saturated rings. The molecule has 168 valence electrons. The number of non-ortho nitro benzene ring substituents is 1. The molecular formula is C25H12N4O6. The molecule has 0 spiro atoms. The van der Waals surface area contributed by atoms with Gasteiger partial charge in [-0.05, 0) is 29.0 Å². The lowest BCUT2D eigenvalue weighted by Gasteiger charge is -2.27. The van der Waals surface area contributed by atoms with E-state index in [0.29, 0.717) is 37.7 Å². The highest BCUT2D eigenvalue weighted by molar-refractivity contribution is 6.43. The molecule has 0 saturated carbocycles. The molecule has 5 aromatic rings. The summed E-state index contributed by atoms with van der Waals surface area (Å²) >= 11 is 0. The molecule has 0 radical (unpaired) electrons. The Morgan fingerprint density at radius 1 is 0.743 bits per heavy atom. The van der Waals surface area contributed by atoms with Crippen molar-refractivity contribution in [1.29, 1.82) is 0 Å². The number of hydrogen-bond donors (Lipinski definition) is 2. The minimum Gasteiger partial charge on any atom is -0.398 e. The number of amides is 4. The molecule has 2 heterocycles. The standard InChI is InChI=1S/C25H12N4O6/c1-28-24(32)11-5-3-9-19-15(29(34)35)7-12-16-10(22(30)27-23(12)31)4-2-8(21(16)19)18-14(26)6-13(25(28)33)17(11)20(9)18/h2-7H,26H2,1H3,(H,27,30,31).